The fourth-order valence-electron chi connectivity index (χ4n) is 3.17. The molecule has 0 saturated heterocycles. The van der Waals surface area contributed by atoms with Gasteiger partial charge in [-0.2, -0.15) is 0 Å². The van der Waals surface area contributed by atoms with Gasteiger partial charge in [-0.1, -0.05) is 25.8 Å². The number of carbonyl (C=O) groups excluding carboxylic acids is 2. The van der Waals surface area contributed by atoms with Crippen LogP contribution < -0.4 is 24.3 Å². The zero-order valence-corrected chi connectivity index (χ0v) is 20.2. The van der Waals surface area contributed by atoms with Gasteiger partial charge in [0, 0.05) is 24.9 Å². The Balaban J connectivity index is 1.70. The largest absolute Gasteiger partial charge is 0.494 e. The van der Waals surface area contributed by atoms with Crippen LogP contribution in [0.4, 0.5) is 0 Å². The van der Waals surface area contributed by atoms with E-state index in [1.807, 2.05) is 0 Å². The molecule has 0 aliphatic carbocycles. The van der Waals surface area contributed by atoms with E-state index in [1.54, 1.807) is 42.5 Å². The summed E-state index contributed by atoms with van der Waals surface area (Å²) in [6, 6.07) is 12.2. The first-order valence-corrected chi connectivity index (χ1v) is 11.5. The van der Waals surface area contributed by atoms with Gasteiger partial charge in [-0.15, -0.1) is 0 Å². The first-order chi connectivity index (χ1) is 16.5. The summed E-state index contributed by atoms with van der Waals surface area (Å²) in [5.41, 5.74) is 0.535. The van der Waals surface area contributed by atoms with Crippen molar-refractivity contribution in [2.24, 2.45) is 0 Å². The molecule has 0 aliphatic rings. The summed E-state index contributed by atoms with van der Waals surface area (Å²) in [4.78, 5) is 24.5. The Morgan fingerprint density at radius 2 is 1.62 bits per heavy atom. The SMILES string of the molecule is CCCCCOc1ccc(C(=O)CCC(=O)NCC(O)COc2c(OC)cccc2OC)cc1. The monoisotopic (exact) mass is 473 g/mol. The summed E-state index contributed by atoms with van der Waals surface area (Å²) < 4.78 is 21.8. The van der Waals surface area contributed by atoms with Crippen molar-refractivity contribution in [3.8, 4) is 23.0 Å². The number of aliphatic hydroxyl groups excluding tert-OH is 1. The van der Waals surface area contributed by atoms with Crippen LogP contribution in [0.3, 0.4) is 0 Å². The molecule has 186 valence electrons. The summed E-state index contributed by atoms with van der Waals surface area (Å²) in [5, 5.41) is 12.8. The number of Topliss-reactive ketones (excluding diaryl/α,β-unsaturated/α-hetero) is 1. The predicted molar refractivity (Wildman–Crippen MR) is 129 cm³/mol. The number of rotatable bonds is 16. The Hall–Kier alpha value is -3.26. The standard InChI is InChI=1S/C26H35NO7/c1-4-5-6-16-33-21-12-10-19(11-13-21)22(29)14-15-25(30)27-17-20(28)18-34-26-23(31-2)8-7-9-24(26)32-3/h7-13,20,28H,4-6,14-18H2,1-3H3,(H,27,30). The van der Waals surface area contributed by atoms with E-state index < -0.39 is 6.10 Å². The summed E-state index contributed by atoms with van der Waals surface area (Å²) in [6.07, 6.45) is 2.42. The van der Waals surface area contributed by atoms with Gasteiger partial charge in [-0.05, 0) is 42.8 Å². The smallest absolute Gasteiger partial charge is 0.220 e. The molecule has 0 heterocycles. The minimum Gasteiger partial charge on any atom is -0.494 e. The van der Waals surface area contributed by atoms with E-state index in [9.17, 15) is 14.7 Å². The fourth-order valence-corrected chi connectivity index (χ4v) is 3.17. The molecule has 8 heteroatoms. The number of nitrogens with one attached hydrogen (secondary N) is 1. The number of carbonyl (C=O) groups is 2. The highest BCUT2D eigenvalue weighted by atomic mass is 16.5. The molecule has 34 heavy (non-hydrogen) atoms. The van der Waals surface area contributed by atoms with E-state index in [0.29, 0.717) is 29.4 Å². The zero-order valence-electron chi connectivity index (χ0n) is 20.2. The lowest BCUT2D eigenvalue weighted by Crippen LogP contribution is -2.35. The molecule has 0 bridgehead atoms. The molecular formula is C26H35NO7. The second-order valence-corrected chi connectivity index (χ2v) is 7.76. The maximum absolute atomic E-state index is 12.4. The molecule has 2 aromatic rings. The van der Waals surface area contributed by atoms with E-state index in [2.05, 4.69) is 12.2 Å². The van der Waals surface area contributed by atoms with Gasteiger partial charge < -0.3 is 29.4 Å². The number of amides is 1. The molecule has 8 nitrogen and oxygen atoms in total. The van der Waals surface area contributed by atoms with Crippen molar-refractivity contribution in [1.82, 2.24) is 5.32 Å². The third-order valence-corrected chi connectivity index (χ3v) is 5.11. The number of unbranched alkanes of at least 4 members (excludes halogenated alkanes) is 2. The lowest BCUT2D eigenvalue weighted by Gasteiger charge is -2.17. The molecule has 2 rings (SSSR count). The van der Waals surface area contributed by atoms with Gasteiger partial charge in [0.05, 0.1) is 20.8 Å². The summed E-state index contributed by atoms with van der Waals surface area (Å²) >= 11 is 0. The third-order valence-electron chi connectivity index (χ3n) is 5.11. The van der Waals surface area contributed by atoms with Gasteiger partial charge in [0.15, 0.2) is 17.3 Å². The van der Waals surface area contributed by atoms with Gasteiger partial charge in [-0.3, -0.25) is 9.59 Å². The predicted octanol–water partition coefficient (Wildman–Crippen LogP) is 3.79. The average molecular weight is 474 g/mol. The Labute approximate surface area is 201 Å². The Bertz CT molecular complexity index is 876. The molecule has 1 amide bonds. The van der Waals surface area contributed by atoms with Crippen molar-refractivity contribution < 1.29 is 33.6 Å². The Morgan fingerprint density at radius 3 is 2.24 bits per heavy atom. The van der Waals surface area contributed by atoms with Crippen molar-refractivity contribution in [1.29, 1.82) is 0 Å². The second-order valence-electron chi connectivity index (χ2n) is 7.76. The first-order valence-electron chi connectivity index (χ1n) is 11.5. The van der Waals surface area contributed by atoms with Crippen LogP contribution in [0, 0.1) is 0 Å². The van der Waals surface area contributed by atoms with Gasteiger partial charge in [0.2, 0.25) is 11.7 Å². The summed E-state index contributed by atoms with van der Waals surface area (Å²) in [5.74, 6) is 1.61. The van der Waals surface area contributed by atoms with Crippen molar-refractivity contribution in [3.63, 3.8) is 0 Å². The number of ether oxygens (including phenoxy) is 4. The molecule has 0 aromatic heterocycles. The van der Waals surface area contributed by atoms with Gasteiger partial charge in [-0.25, -0.2) is 0 Å². The van der Waals surface area contributed by atoms with Crippen LogP contribution in [0.2, 0.25) is 0 Å². The van der Waals surface area contributed by atoms with Crippen LogP contribution in [0.1, 0.15) is 49.4 Å². The summed E-state index contributed by atoms with van der Waals surface area (Å²) in [7, 11) is 3.02. The number of methoxy groups -OCH3 is 2. The molecule has 0 radical (unpaired) electrons. The van der Waals surface area contributed by atoms with Gasteiger partial charge in [0.1, 0.15) is 18.5 Å². The molecule has 0 spiro atoms. The zero-order chi connectivity index (χ0) is 24.8. The minimum absolute atomic E-state index is 0.00540. The quantitative estimate of drug-likeness (QED) is 0.282. The van der Waals surface area contributed by atoms with Crippen LogP contribution in [0.25, 0.3) is 0 Å². The minimum atomic E-state index is -0.945. The van der Waals surface area contributed by atoms with E-state index in [-0.39, 0.29) is 37.7 Å². The molecular weight excluding hydrogens is 438 g/mol. The number of hydrogen-bond donors (Lipinski definition) is 2. The van der Waals surface area contributed by atoms with Crippen LogP contribution in [0.15, 0.2) is 42.5 Å². The van der Waals surface area contributed by atoms with Crippen LogP contribution in [0.5, 0.6) is 23.0 Å². The normalized spacial score (nSPS) is 11.4. The number of ketones is 1. The van der Waals surface area contributed by atoms with E-state index in [0.717, 1.165) is 25.0 Å². The molecule has 1 atom stereocenters. The highest BCUT2D eigenvalue weighted by Crippen LogP contribution is 2.36. The van der Waals surface area contributed by atoms with E-state index >= 15 is 0 Å². The van der Waals surface area contributed by atoms with E-state index in [4.69, 9.17) is 18.9 Å². The van der Waals surface area contributed by atoms with Crippen LogP contribution >= 0.6 is 0 Å². The van der Waals surface area contributed by atoms with Crippen LogP contribution in [-0.4, -0.2) is 56.9 Å². The van der Waals surface area contributed by atoms with Crippen molar-refractivity contribution in [2.45, 2.75) is 45.1 Å². The fraction of sp³-hybridized carbons (Fsp3) is 0.462. The third kappa shape index (κ3) is 8.94. The first kappa shape index (κ1) is 27.0. The number of aliphatic hydroxyl groups is 1. The van der Waals surface area contributed by atoms with Crippen molar-refractivity contribution in [3.05, 3.63) is 48.0 Å². The maximum Gasteiger partial charge on any atom is 0.220 e. The molecule has 2 aromatic carbocycles. The molecule has 0 fully saturated rings. The van der Waals surface area contributed by atoms with Crippen LogP contribution in [-0.2, 0) is 4.79 Å². The van der Waals surface area contributed by atoms with Crippen molar-refractivity contribution >= 4 is 11.7 Å². The van der Waals surface area contributed by atoms with Gasteiger partial charge >= 0.3 is 0 Å². The molecule has 1 unspecified atom stereocenters. The van der Waals surface area contributed by atoms with Crippen molar-refractivity contribution in [2.75, 3.05) is 34.0 Å². The topological polar surface area (TPSA) is 103 Å². The second kappa shape index (κ2) is 14.8. The number of para-hydroxylation sites is 1. The molecule has 2 N–H and O–H groups in total. The molecule has 0 aliphatic heterocycles. The highest BCUT2D eigenvalue weighted by molar-refractivity contribution is 5.98. The number of benzene rings is 2. The Morgan fingerprint density at radius 1 is 0.941 bits per heavy atom. The lowest BCUT2D eigenvalue weighted by molar-refractivity contribution is -0.121. The van der Waals surface area contributed by atoms with Gasteiger partial charge in [0.25, 0.3) is 0 Å². The lowest BCUT2D eigenvalue weighted by atomic mass is 10.1. The Kier molecular flexibility index (Phi) is 11.7. The number of hydrogen-bond acceptors (Lipinski definition) is 7. The average Bonchev–Trinajstić information content (AvgIpc) is 2.87. The highest BCUT2D eigenvalue weighted by Gasteiger charge is 2.15. The molecule has 0 saturated carbocycles. The van der Waals surface area contributed by atoms with E-state index in [1.165, 1.54) is 14.2 Å². The summed E-state index contributed by atoms with van der Waals surface area (Å²) in [6.45, 7) is 2.72. The maximum atomic E-state index is 12.4.